The predicted molar refractivity (Wildman–Crippen MR) is 60.5 cm³/mol. The highest BCUT2D eigenvalue weighted by molar-refractivity contribution is 7.71. The summed E-state index contributed by atoms with van der Waals surface area (Å²) in [4.78, 5) is 0. The number of benzene rings is 1. The Kier molecular flexibility index (Phi) is 3.12. The molecule has 0 amide bonds. The molecule has 0 atom stereocenters. The first-order valence-electron chi connectivity index (χ1n) is 4.84. The molecule has 2 rings (SSSR count). The van der Waals surface area contributed by atoms with Gasteiger partial charge in [0, 0.05) is 12.6 Å². The van der Waals surface area contributed by atoms with E-state index in [1.807, 2.05) is 0 Å². The maximum absolute atomic E-state index is 12.0. The van der Waals surface area contributed by atoms with Gasteiger partial charge < -0.3 is 9.30 Å². The van der Waals surface area contributed by atoms with E-state index < -0.39 is 6.36 Å². The van der Waals surface area contributed by atoms with Crippen molar-refractivity contribution in [3.8, 4) is 17.1 Å². The number of H-pyrrole nitrogens is 1. The maximum Gasteiger partial charge on any atom is 0.573 e. The molecule has 1 N–H and O–H groups in total. The predicted octanol–water partition coefficient (Wildman–Crippen LogP) is 3.04. The molecule has 8 heteroatoms. The van der Waals surface area contributed by atoms with E-state index in [4.69, 9.17) is 12.2 Å². The van der Waals surface area contributed by atoms with Gasteiger partial charge in [-0.15, -0.1) is 13.2 Å². The zero-order valence-corrected chi connectivity index (χ0v) is 9.97. The molecule has 1 heterocycles. The highest BCUT2D eigenvalue weighted by Gasteiger charge is 2.30. The van der Waals surface area contributed by atoms with Gasteiger partial charge in [0.25, 0.3) is 0 Å². The van der Waals surface area contributed by atoms with Crippen LogP contribution in [0.4, 0.5) is 13.2 Å². The van der Waals surface area contributed by atoms with Crippen molar-refractivity contribution >= 4 is 12.2 Å². The van der Waals surface area contributed by atoms with Gasteiger partial charge in [0.15, 0.2) is 10.6 Å². The minimum atomic E-state index is -4.69. The molecule has 96 valence electrons. The van der Waals surface area contributed by atoms with Gasteiger partial charge in [-0.05, 0) is 36.5 Å². The summed E-state index contributed by atoms with van der Waals surface area (Å²) >= 11 is 4.94. The summed E-state index contributed by atoms with van der Waals surface area (Å²) in [5.74, 6) is 0.265. The number of ether oxygens (including phenoxy) is 1. The SMILES string of the molecule is Cn1c(-c2ccc(OC(F)(F)F)cc2)n[nH]c1=S. The van der Waals surface area contributed by atoms with Crippen molar-refractivity contribution in [3.63, 3.8) is 0 Å². The number of rotatable bonds is 2. The lowest BCUT2D eigenvalue weighted by molar-refractivity contribution is -0.274. The smallest absolute Gasteiger partial charge is 0.406 e. The molecular formula is C10H8F3N3OS. The number of hydrogen-bond donors (Lipinski definition) is 1. The number of aromatic nitrogens is 3. The number of aromatic amines is 1. The third-order valence-electron chi connectivity index (χ3n) is 2.23. The number of alkyl halides is 3. The molecule has 0 saturated heterocycles. The number of halogens is 3. The second kappa shape index (κ2) is 4.45. The molecule has 0 spiro atoms. The second-order valence-corrected chi connectivity index (χ2v) is 3.87. The van der Waals surface area contributed by atoms with E-state index in [0.717, 1.165) is 0 Å². The Bertz CT molecular complexity index is 600. The molecule has 0 saturated carbocycles. The molecule has 0 aliphatic rings. The topological polar surface area (TPSA) is 42.8 Å². The first kappa shape index (κ1) is 12.6. The van der Waals surface area contributed by atoms with Gasteiger partial charge in [-0.3, -0.25) is 5.10 Å². The van der Waals surface area contributed by atoms with Crippen LogP contribution in [-0.2, 0) is 7.05 Å². The van der Waals surface area contributed by atoms with Crippen LogP contribution in [-0.4, -0.2) is 21.1 Å². The van der Waals surface area contributed by atoms with Crippen LogP contribution in [0.3, 0.4) is 0 Å². The van der Waals surface area contributed by atoms with Crippen LogP contribution in [0.2, 0.25) is 0 Å². The summed E-state index contributed by atoms with van der Waals surface area (Å²) in [5, 5.41) is 6.57. The van der Waals surface area contributed by atoms with E-state index in [9.17, 15) is 13.2 Å². The van der Waals surface area contributed by atoms with Gasteiger partial charge in [-0.1, -0.05) is 0 Å². The minimum absolute atomic E-state index is 0.275. The molecule has 4 nitrogen and oxygen atoms in total. The molecule has 0 fully saturated rings. The molecule has 1 aromatic carbocycles. The van der Waals surface area contributed by atoms with Crippen LogP contribution >= 0.6 is 12.2 Å². The number of hydrogen-bond acceptors (Lipinski definition) is 3. The number of nitrogens with one attached hydrogen (secondary N) is 1. The molecule has 18 heavy (non-hydrogen) atoms. The Morgan fingerprint density at radius 3 is 2.33 bits per heavy atom. The van der Waals surface area contributed by atoms with Crippen LogP contribution < -0.4 is 4.74 Å². The first-order chi connectivity index (χ1) is 8.37. The average Bonchev–Trinajstić information content (AvgIpc) is 2.59. The zero-order valence-electron chi connectivity index (χ0n) is 9.15. The summed E-state index contributed by atoms with van der Waals surface area (Å²) in [6.45, 7) is 0. The third-order valence-corrected chi connectivity index (χ3v) is 2.59. The fraction of sp³-hybridized carbons (Fsp3) is 0.200. The second-order valence-electron chi connectivity index (χ2n) is 3.48. The number of nitrogens with zero attached hydrogens (tertiary/aromatic N) is 2. The van der Waals surface area contributed by atoms with Gasteiger partial charge in [-0.2, -0.15) is 5.10 Å². The quantitative estimate of drug-likeness (QED) is 0.857. The standard InChI is InChI=1S/C10H8F3N3OS/c1-16-8(14-15-9(16)18)6-2-4-7(5-3-6)17-10(11,12)13/h2-5H,1H3,(H,15,18). The lowest BCUT2D eigenvalue weighted by atomic mass is 10.2. The largest absolute Gasteiger partial charge is 0.573 e. The molecule has 0 unspecified atom stereocenters. The summed E-state index contributed by atoms with van der Waals surface area (Å²) in [6.07, 6.45) is -4.69. The van der Waals surface area contributed by atoms with E-state index in [1.165, 1.54) is 24.3 Å². The molecule has 0 aliphatic heterocycles. The van der Waals surface area contributed by atoms with Gasteiger partial charge in [-0.25, -0.2) is 0 Å². The van der Waals surface area contributed by atoms with Crippen molar-refractivity contribution in [2.45, 2.75) is 6.36 Å². The fourth-order valence-electron chi connectivity index (χ4n) is 1.41. The van der Waals surface area contributed by atoms with Crippen molar-refractivity contribution < 1.29 is 17.9 Å². The van der Waals surface area contributed by atoms with Gasteiger partial charge in [0.1, 0.15) is 5.75 Å². The van der Waals surface area contributed by atoms with Crippen LogP contribution in [0, 0.1) is 4.77 Å². The summed E-state index contributed by atoms with van der Waals surface area (Å²) in [5.41, 5.74) is 0.638. The van der Waals surface area contributed by atoms with Crippen molar-refractivity contribution in [2.24, 2.45) is 7.05 Å². The monoisotopic (exact) mass is 275 g/mol. The molecule has 2 aromatic rings. The van der Waals surface area contributed by atoms with Crippen molar-refractivity contribution in [2.75, 3.05) is 0 Å². The van der Waals surface area contributed by atoms with Gasteiger partial charge >= 0.3 is 6.36 Å². The third kappa shape index (κ3) is 2.70. The highest BCUT2D eigenvalue weighted by atomic mass is 32.1. The molecular weight excluding hydrogens is 267 g/mol. The van der Waals surface area contributed by atoms with E-state index >= 15 is 0 Å². The van der Waals surface area contributed by atoms with Crippen molar-refractivity contribution in [3.05, 3.63) is 29.0 Å². The highest BCUT2D eigenvalue weighted by Crippen LogP contribution is 2.25. The van der Waals surface area contributed by atoms with E-state index in [2.05, 4.69) is 14.9 Å². The maximum atomic E-state index is 12.0. The van der Waals surface area contributed by atoms with Crippen LogP contribution in [0.15, 0.2) is 24.3 Å². The van der Waals surface area contributed by atoms with E-state index in [1.54, 1.807) is 11.6 Å². The summed E-state index contributed by atoms with van der Waals surface area (Å²) in [6, 6.07) is 5.40. The first-order valence-corrected chi connectivity index (χ1v) is 5.25. The Morgan fingerprint density at radius 2 is 1.89 bits per heavy atom. The molecule has 0 bridgehead atoms. The molecule has 1 aromatic heterocycles. The van der Waals surface area contributed by atoms with E-state index in [0.29, 0.717) is 16.2 Å². The Labute approximate surface area is 105 Å². The van der Waals surface area contributed by atoms with Crippen LogP contribution in [0.5, 0.6) is 5.75 Å². The van der Waals surface area contributed by atoms with Crippen LogP contribution in [0.1, 0.15) is 0 Å². The lowest BCUT2D eigenvalue weighted by Crippen LogP contribution is -2.16. The lowest BCUT2D eigenvalue weighted by Gasteiger charge is -2.08. The summed E-state index contributed by atoms with van der Waals surface area (Å²) in [7, 11) is 1.71. The van der Waals surface area contributed by atoms with Gasteiger partial charge in [0.05, 0.1) is 0 Å². The van der Waals surface area contributed by atoms with Gasteiger partial charge in [0.2, 0.25) is 0 Å². The summed E-state index contributed by atoms with van der Waals surface area (Å²) < 4.78 is 41.7. The molecule has 0 aliphatic carbocycles. The average molecular weight is 275 g/mol. The Hall–Kier alpha value is -1.83. The van der Waals surface area contributed by atoms with Crippen molar-refractivity contribution in [1.29, 1.82) is 0 Å². The Morgan fingerprint density at radius 1 is 1.28 bits per heavy atom. The van der Waals surface area contributed by atoms with Crippen LogP contribution in [0.25, 0.3) is 11.4 Å². The minimum Gasteiger partial charge on any atom is -0.406 e. The molecule has 0 radical (unpaired) electrons. The Balaban J connectivity index is 2.28. The normalized spacial score (nSPS) is 11.6. The van der Waals surface area contributed by atoms with Crippen molar-refractivity contribution in [1.82, 2.24) is 14.8 Å². The zero-order chi connectivity index (χ0) is 13.3. The van der Waals surface area contributed by atoms with E-state index in [-0.39, 0.29) is 5.75 Å². The fourth-order valence-corrected chi connectivity index (χ4v) is 1.54.